The second-order valence-electron chi connectivity index (χ2n) is 7.07. The molecule has 0 aliphatic rings. The number of halogens is 3. The van der Waals surface area contributed by atoms with Gasteiger partial charge in [0.2, 0.25) is 0 Å². The standard InChI is InChI=1S/C22H23F3N4O2/c1-4-18(19-27-17-9-7-6-8-16(17)20(30)28(19)3)29(5-2)21(31)26-15-12-10-14(11-13-15)22(23,24)25/h6-13,18H,4-5H2,1-3H3,(H,26,31). The normalized spacial score (nSPS) is 12.6. The van der Waals surface area contributed by atoms with Gasteiger partial charge in [0.25, 0.3) is 5.56 Å². The highest BCUT2D eigenvalue weighted by atomic mass is 19.4. The van der Waals surface area contributed by atoms with Crippen molar-refractivity contribution in [3.63, 3.8) is 0 Å². The molecule has 1 N–H and O–H groups in total. The molecule has 6 nitrogen and oxygen atoms in total. The van der Waals surface area contributed by atoms with Crippen molar-refractivity contribution < 1.29 is 18.0 Å². The van der Waals surface area contributed by atoms with Gasteiger partial charge in [0, 0.05) is 19.3 Å². The summed E-state index contributed by atoms with van der Waals surface area (Å²) in [6.45, 7) is 3.97. The molecule has 0 aliphatic carbocycles. The van der Waals surface area contributed by atoms with Gasteiger partial charge in [0.1, 0.15) is 5.82 Å². The Morgan fingerprint density at radius 3 is 2.35 bits per heavy atom. The SMILES string of the molecule is CCC(c1nc2ccccc2c(=O)n1C)N(CC)C(=O)Nc1ccc(C(F)(F)F)cc1. The first-order chi connectivity index (χ1) is 14.7. The van der Waals surface area contributed by atoms with Gasteiger partial charge in [-0.2, -0.15) is 13.2 Å². The van der Waals surface area contributed by atoms with E-state index in [2.05, 4.69) is 10.3 Å². The highest BCUT2D eigenvalue weighted by Crippen LogP contribution is 2.30. The summed E-state index contributed by atoms with van der Waals surface area (Å²) in [6, 6.07) is 10.2. The fraction of sp³-hybridized carbons (Fsp3) is 0.318. The van der Waals surface area contributed by atoms with Crippen molar-refractivity contribution in [2.45, 2.75) is 32.5 Å². The molecule has 1 unspecified atom stereocenters. The molecular formula is C22H23F3N4O2. The lowest BCUT2D eigenvalue weighted by atomic mass is 10.1. The van der Waals surface area contributed by atoms with Crippen molar-refractivity contribution >= 4 is 22.6 Å². The molecule has 0 radical (unpaired) electrons. The lowest BCUT2D eigenvalue weighted by Gasteiger charge is -2.31. The lowest BCUT2D eigenvalue weighted by molar-refractivity contribution is -0.137. The first kappa shape index (κ1) is 22.3. The zero-order chi connectivity index (χ0) is 22.8. The van der Waals surface area contributed by atoms with E-state index in [0.29, 0.717) is 29.7 Å². The summed E-state index contributed by atoms with van der Waals surface area (Å²) in [5.74, 6) is 0.440. The lowest BCUT2D eigenvalue weighted by Crippen LogP contribution is -2.40. The number of carbonyl (C=O) groups is 1. The number of carbonyl (C=O) groups excluding carboxylic acids is 1. The number of amides is 2. The Bertz CT molecular complexity index is 1140. The van der Waals surface area contributed by atoms with Gasteiger partial charge in [-0.15, -0.1) is 0 Å². The van der Waals surface area contributed by atoms with Crippen LogP contribution in [0.1, 0.15) is 37.7 Å². The minimum Gasteiger partial charge on any atom is -0.315 e. The van der Waals surface area contributed by atoms with Gasteiger partial charge in [-0.3, -0.25) is 9.36 Å². The highest BCUT2D eigenvalue weighted by molar-refractivity contribution is 5.89. The topological polar surface area (TPSA) is 67.2 Å². The van der Waals surface area contributed by atoms with Crippen molar-refractivity contribution in [2.24, 2.45) is 7.05 Å². The smallest absolute Gasteiger partial charge is 0.315 e. The monoisotopic (exact) mass is 432 g/mol. The Labute approximate surface area is 177 Å². The molecule has 3 rings (SSSR count). The number of alkyl halides is 3. The van der Waals surface area contributed by atoms with Crippen LogP contribution < -0.4 is 10.9 Å². The summed E-state index contributed by atoms with van der Waals surface area (Å²) < 4.78 is 39.7. The van der Waals surface area contributed by atoms with E-state index in [1.54, 1.807) is 38.2 Å². The third kappa shape index (κ3) is 4.55. The molecule has 3 aromatic rings. The van der Waals surface area contributed by atoms with E-state index in [9.17, 15) is 22.8 Å². The van der Waals surface area contributed by atoms with Crippen molar-refractivity contribution in [1.29, 1.82) is 0 Å². The van der Waals surface area contributed by atoms with Gasteiger partial charge in [0.05, 0.1) is 22.5 Å². The second-order valence-corrected chi connectivity index (χ2v) is 7.07. The van der Waals surface area contributed by atoms with Crippen LogP contribution in [-0.2, 0) is 13.2 Å². The Kier molecular flexibility index (Phi) is 6.33. The summed E-state index contributed by atoms with van der Waals surface area (Å²) in [5.41, 5.74) is -0.220. The molecule has 1 heterocycles. The molecule has 0 bridgehead atoms. The average Bonchev–Trinajstić information content (AvgIpc) is 2.74. The molecule has 9 heteroatoms. The zero-order valence-electron chi connectivity index (χ0n) is 17.4. The number of fused-ring (bicyclic) bond motifs is 1. The van der Waals surface area contributed by atoms with Gasteiger partial charge >= 0.3 is 12.2 Å². The van der Waals surface area contributed by atoms with Crippen LogP contribution in [0, 0.1) is 0 Å². The maximum absolute atomic E-state index is 12.9. The van der Waals surface area contributed by atoms with Gasteiger partial charge < -0.3 is 10.2 Å². The van der Waals surface area contributed by atoms with Crippen molar-refractivity contribution in [3.8, 4) is 0 Å². The molecule has 1 atom stereocenters. The maximum atomic E-state index is 12.9. The number of nitrogens with zero attached hydrogens (tertiary/aromatic N) is 3. The van der Waals surface area contributed by atoms with Gasteiger partial charge in [-0.05, 0) is 49.7 Å². The van der Waals surface area contributed by atoms with E-state index in [1.165, 1.54) is 21.6 Å². The molecule has 0 saturated carbocycles. The van der Waals surface area contributed by atoms with Crippen LogP contribution in [-0.4, -0.2) is 27.0 Å². The largest absolute Gasteiger partial charge is 0.416 e. The Balaban J connectivity index is 1.91. The van der Waals surface area contributed by atoms with Crippen LogP contribution in [0.25, 0.3) is 10.9 Å². The predicted molar refractivity (Wildman–Crippen MR) is 113 cm³/mol. The van der Waals surface area contributed by atoms with Crippen molar-refractivity contribution in [1.82, 2.24) is 14.5 Å². The molecular weight excluding hydrogens is 409 g/mol. The first-order valence-electron chi connectivity index (χ1n) is 9.87. The number of aromatic nitrogens is 2. The van der Waals surface area contributed by atoms with Crippen molar-refractivity contribution in [3.05, 3.63) is 70.3 Å². The summed E-state index contributed by atoms with van der Waals surface area (Å²) in [4.78, 5) is 31.8. The number of para-hydroxylation sites is 1. The molecule has 164 valence electrons. The molecule has 31 heavy (non-hydrogen) atoms. The van der Waals surface area contributed by atoms with E-state index in [0.717, 1.165) is 12.1 Å². The zero-order valence-corrected chi connectivity index (χ0v) is 17.4. The molecule has 0 saturated heterocycles. The van der Waals surface area contributed by atoms with E-state index < -0.39 is 23.8 Å². The number of hydrogen-bond acceptors (Lipinski definition) is 3. The third-order valence-corrected chi connectivity index (χ3v) is 5.14. The highest BCUT2D eigenvalue weighted by Gasteiger charge is 2.30. The fourth-order valence-electron chi connectivity index (χ4n) is 3.52. The van der Waals surface area contributed by atoms with Crippen LogP contribution in [0.3, 0.4) is 0 Å². The number of urea groups is 1. The summed E-state index contributed by atoms with van der Waals surface area (Å²) in [7, 11) is 1.61. The Morgan fingerprint density at radius 2 is 1.77 bits per heavy atom. The Morgan fingerprint density at radius 1 is 1.13 bits per heavy atom. The van der Waals surface area contributed by atoms with Gasteiger partial charge in [-0.25, -0.2) is 9.78 Å². The summed E-state index contributed by atoms with van der Waals surface area (Å²) >= 11 is 0. The fourth-order valence-corrected chi connectivity index (χ4v) is 3.52. The molecule has 0 spiro atoms. The average molecular weight is 432 g/mol. The van der Waals surface area contributed by atoms with Crippen LogP contribution in [0.4, 0.5) is 23.7 Å². The Hall–Kier alpha value is -3.36. The number of anilines is 1. The molecule has 2 aromatic carbocycles. The molecule has 1 aromatic heterocycles. The molecule has 0 aliphatic heterocycles. The van der Waals surface area contributed by atoms with Crippen molar-refractivity contribution in [2.75, 3.05) is 11.9 Å². The van der Waals surface area contributed by atoms with Gasteiger partial charge in [0.15, 0.2) is 0 Å². The van der Waals surface area contributed by atoms with E-state index in [1.807, 2.05) is 6.92 Å². The maximum Gasteiger partial charge on any atom is 0.416 e. The van der Waals surface area contributed by atoms with Crippen LogP contribution in [0.15, 0.2) is 53.3 Å². The van der Waals surface area contributed by atoms with E-state index in [4.69, 9.17) is 0 Å². The van der Waals surface area contributed by atoms with Gasteiger partial charge in [-0.1, -0.05) is 19.1 Å². The molecule has 0 fully saturated rings. The quantitative estimate of drug-likeness (QED) is 0.620. The second kappa shape index (κ2) is 8.79. The third-order valence-electron chi connectivity index (χ3n) is 5.14. The number of benzene rings is 2. The number of nitrogens with one attached hydrogen (secondary N) is 1. The van der Waals surface area contributed by atoms with E-state index in [-0.39, 0.29) is 11.2 Å². The van der Waals surface area contributed by atoms with E-state index >= 15 is 0 Å². The molecule has 2 amide bonds. The minimum atomic E-state index is -4.45. The number of hydrogen-bond donors (Lipinski definition) is 1. The first-order valence-corrected chi connectivity index (χ1v) is 9.87. The minimum absolute atomic E-state index is 0.210. The summed E-state index contributed by atoms with van der Waals surface area (Å²) in [6.07, 6.45) is -3.95. The van der Waals surface area contributed by atoms with Crippen LogP contribution in [0.5, 0.6) is 0 Å². The van der Waals surface area contributed by atoms with Crippen LogP contribution >= 0.6 is 0 Å². The predicted octanol–water partition coefficient (Wildman–Crippen LogP) is 4.96. The summed E-state index contributed by atoms with van der Waals surface area (Å²) in [5, 5.41) is 3.12. The van der Waals surface area contributed by atoms with Crippen LogP contribution in [0.2, 0.25) is 0 Å². The number of rotatable bonds is 5.